The Morgan fingerprint density at radius 3 is 2.38 bits per heavy atom. The molecule has 0 N–H and O–H groups in total. The molecule has 120 valence electrons. The van der Waals surface area contributed by atoms with Crippen molar-refractivity contribution in [1.82, 2.24) is 14.8 Å². The van der Waals surface area contributed by atoms with Gasteiger partial charge in [0.05, 0.1) is 16.6 Å². The lowest BCUT2D eigenvalue weighted by atomic mass is 10.1. The van der Waals surface area contributed by atoms with Gasteiger partial charge in [-0.05, 0) is 36.4 Å². The van der Waals surface area contributed by atoms with Gasteiger partial charge in [-0.3, -0.25) is 0 Å². The summed E-state index contributed by atoms with van der Waals surface area (Å²) < 4.78 is 54.6. The molecule has 24 heavy (non-hydrogen) atoms. The van der Waals surface area contributed by atoms with Crippen LogP contribution >= 0.6 is 0 Å². The molecule has 0 aliphatic carbocycles. The Morgan fingerprint density at radius 2 is 1.67 bits per heavy atom. The Hall–Kier alpha value is -2.96. The number of aromatic nitrogens is 3. The van der Waals surface area contributed by atoms with Crippen molar-refractivity contribution in [1.29, 1.82) is 0 Å². The molecule has 0 radical (unpaired) electrons. The molecular weight excluding hydrogens is 322 g/mol. The van der Waals surface area contributed by atoms with Crippen LogP contribution in [0.4, 0.5) is 17.6 Å². The minimum atomic E-state index is -4.64. The smallest absolute Gasteiger partial charge is 0.228 e. The maximum absolute atomic E-state index is 13.4. The highest BCUT2D eigenvalue weighted by Gasteiger charge is 2.37. The molecule has 2 heterocycles. The molecule has 0 spiro atoms. The van der Waals surface area contributed by atoms with Crippen LogP contribution < -0.4 is 0 Å². The average molecular weight is 331 g/mol. The van der Waals surface area contributed by atoms with Crippen LogP contribution in [0.5, 0.6) is 0 Å². The topological polar surface area (TPSA) is 30.7 Å². The van der Waals surface area contributed by atoms with Gasteiger partial charge in [0.15, 0.2) is 11.3 Å². The molecule has 0 aliphatic heterocycles. The van der Waals surface area contributed by atoms with Gasteiger partial charge in [0, 0.05) is 5.39 Å². The molecule has 7 heteroatoms. The van der Waals surface area contributed by atoms with Crippen LogP contribution in [-0.2, 0) is 6.18 Å². The molecule has 0 saturated heterocycles. The molecule has 2 aromatic heterocycles. The van der Waals surface area contributed by atoms with Crippen LogP contribution in [0.25, 0.3) is 27.6 Å². The van der Waals surface area contributed by atoms with Crippen LogP contribution in [0.15, 0.2) is 54.6 Å². The second-order valence-corrected chi connectivity index (χ2v) is 5.29. The van der Waals surface area contributed by atoms with Crippen molar-refractivity contribution in [2.75, 3.05) is 0 Å². The molecule has 4 rings (SSSR count). The Bertz CT molecular complexity index is 1050. The number of fused-ring (bicyclic) bond motifs is 2. The molecule has 0 aliphatic rings. The highest BCUT2D eigenvalue weighted by Crippen LogP contribution is 2.35. The first-order valence-corrected chi connectivity index (χ1v) is 7.05. The molecule has 0 unspecified atom stereocenters. The summed E-state index contributed by atoms with van der Waals surface area (Å²) in [5.41, 5.74) is -0.102. The van der Waals surface area contributed by atoms with Crippen molar-refractivity contribution in [3.05, 3.63) is 66.1 Å². The number of pyridine rings is 1. The van der Waals surface area contributed by atoms with E-state index in [9.17, 15) is 17.6 Å². The van der Waals surface area contributed by atoms with Gasteiger partial charge in [-0.15, -0.1) is 0 Å². The maximum atomic E-state index is 13.4. The number of hydrogen-bond acceptors (Lipinski definition) is 2. The van der Waals surface area contributed by atoms with Gasteiger partial charge < -0.3 is 0 Å². The minimum Gasteiger partial charge on any atom is -0.228 e. The fraction of sp³-hybridized carbons (Fsp3) is 0.0588. The Kier molecular flexibility index (Phi) is 3.06. The molecule has 0 atom stereocenters. The number of rotatable bonds is 1. The second-order valence-electron chi connectivity index (χ2n) is 5.29. The fourth-order valence-electron chi connectivity index (χ4n) is 2.63. The Labute approximate surface area is 133 Å². The fourth-order valence-corrected chi connectivity index (χ4v) is 2.63. The summed E-state index contributed by atoms with van der Waals surface area (Å²) in [5, 5.41) is 3.84. The molecule has 0 amide bonds. The third-order valence-corrected chi connectivity index (χ3v) is 3.68. The third-order valence-electron chi connectivity index (χ3n) is 3.68. The third kappa shape index (κ3) is 2.29. The quantitative estimate of drug-likeness (QED) is 0.472. The molecule has 0 bridgehead atoms. The average Bonchev–Trinajstić information content (AvgIpc) is 2.92. The van der Waals surface area contributed by atoms with Crippen molar-refractivity contribution >= 4 is 21.9 Å². The zero-order valence-electron chi connectivity index (χ0n) is 12.0. The summed E-state index contributed by atoms with van der Waals surface area (Å²) in [5.74, 6) is -0.535. The SMILES string of the molecule is Fc1ccc2nc3c(cc2c1)c(C(F)(F)F)nn3-c1ccccc1. The number of para-hydroxylation sites is 1. The molecule has 3 nitrogen and oxygen atoms in total. The van der Waals surface area contributed by atoms with Crippen LogP contribution in [0.3, 0.4) is 0 Å². The number of hydrogen-bond donors (Lipinski definition) is 0. The van der Waals surface area contributed by atoms with Crippen LogP contribution in [0, 0.1) is 5.82 Å². The first kappa shape index (κ1) is 14.6. The van der Waals surface area contributed by atoms with E-state index in [0.29, 0.717) is 16.6 Å². The normalized spacial score (nSPS) is 12.2. The zero-order chi connectivity index (χ0) is 16.9. The molecule has 0 fully saturated rings. The number of halogens is 4. The van der Waals surface area contributed by atoms with Crippen molar-refractivity contribution in [3.8, 4) is 5.69 Å². The highest BCUT2D eigenvalue weighted by molar-refractivity contribution is 5.93. The summed E-state index contributed by atoms with van der Waals surface area (Å²) >= 11 is 0. The molecule has 0 saturated carbocycles. The summed E-state index contributed by atoms with van der Waals surface area (Å²) in [4.78, 5) is 4.26. The Balaban J connectivity index is 2.12. The van der Waals surface area contributed by atoms with Gasteiger partial charge >= 0.3 is 6.18 Å². The summed E-state index contributed by atoms with van der Waals surface area (Å²) in [6.07, 6.45) is -4.64. The number of benzene rings is 2. The van der Waals surface area contributed by atoms with Crippen molar-refractivity contribution in [2.45, 2.75) is 6.18 Å². The van der Waals surface area contributed by atoms with Gasteiger partial charge in [-0.1, -0.05) is 18.2 Å². The minimum absolute atomic E-state index is 0.0765. The summed E-state index contributed by atoms with van der Waals surface area (Å²) in [6, 6.07) is 13.5. The van der Waals surface area contributed by atoms with E-state index in [-0.39, 0.29) is 11.0 Å². The largest absolute Gasteiger partial charge is 0.435 e. The van der Waals surface area contributed by atoms with Crippen molar-refractivity contribution in [2.24, 2.45) is 0 Å². The van der Waals surface area contributed by atoms with Gasteiger partial charge in [0.1, 0.15) is 5.82 Å². The van der Waals surface area contributed by atoms with Crippen LogP contribution in [0.1, 0.15) is 5.69 Å². The van der Waals surface area contributed by atoms with Gasteiger partial charge in [0.25, 0.3) is 0 Å². The molecule has 4 aromatic rings. The predicted molar refractivity (Wildman–Crippen MR) is 81.3 cm³/mol. The van der Waals surface area contributed by atoms with Crippen molar-refractivity contribution in [3.63, 3.8) is 0 Å². The first-order valence-electron chi connectivity index (χ1n) is 7.05. The Morgan fingerprint density at radius 1 is 0.917 bits per heavy atom. The summed E-state index contributed by atoms with van der Waals surface area (Å²) in [7, 11) is 0. The second kappa shape index (κ2) is 5.02. The van der Waals surface area contributed by atoms with Gasteiger partial charge in [0.2, 0.25) is 0 Å². The standard InChI is InChI=1S/C17H9F4N3/c18-11-6-7-14-10(8-11)9-13-15(17(19,20)21)23-24(16(13)22-14)12-4-2-1-3-5-12/h1-9H. The first-order chi connectivity index (χ1) is 11.4. The highest BCUT2D eigenvalue weighted by atomic mass is 19.4. The number of nitrogens with zero attached hydrogens (tertiary/aromatic N) is 3. The van der Waals surface area contributed by atoms with E-state index < -0.39 is 17.7 Å². The molecule has 2 aromatic carbocycles. The lowest BCUT2D eigenvalue weighted by Crippen LogP contribution is -2.07. The van der Waals surface area contributed by atoms with E-state index in [2.05, 4.69) is 10.1 Å². The lowest BCUT2D eigenvalue weighted by molar-refractivity contribution is -0.140. The van der Waals surface area contributed by atoms with E-state index in [4.69, 9.17) is 0 Å². The van der Waals surface area contributed by atoms with Crippen LogP contribution in [-0.4, -0.2) is 14.8 Å². The van der Waals surface area contributed by atoms with Gasteiger partial charge in [-0.2, -0.15) is 18.3 Å². The van der Waals surface area contributed by atoms with E-state index >= 15 is 0 Å². The predicted octanol–water partition coefficient (Wildman–Crippen LogP) is 4.73. The van der Waals surface area contributed by atoms with E-state index in [0.717, 1.165) is 10.7 Å². The van der Waals surface area contributed by atoms with E-state index in [1.807, 2.05) is 0 Å². The van der Waals surface area contributed by atoms with Crippen LogP contribution in [0.2, 0.25) is 0 Å². The molecular formula is C17H9F4N3. The zero-order valence-corrected chi connectivity index (χ0v) is 12.0. The maximum Gasteiger partial charge on any atom is 0.435 e. The summed E-state index contributed by atoms with van der Waals surface area (Å²) in [6.45, 7) is 0. The monoisotopic (exact) mass is 331 g/mol. The lowest BCUT2D eigenvalue weighted by Gasteiger charge is -2.03. The van der Waals surface area contributed by atoms with E-state index in [1.54, 1.807) is 30.3 Å². The van der Waals surface area contributed by atoms with Gasteiger partial charge in [-0.25, -0.2) is 14.1 Å². The van der Waals surface area contributed by atoms with Crippen molar-refractivity contribution < 1.29 is 17.6 Å². The van der Waals surface area contributed by atoms with E-state index in [1.165, 1.54) is 18.2 Å². The number of alkyl halides is 3.